The highest BCUT2D eigenvalue weighted by Gasteiger charge is 2.20. The summed E-state index contributed by atoms with van der Waals surface area (Å²) in [5.41, 5.74) is 6.34. The van der Waals surface area contributed by atoms with Crippen molar-refractivity contribution >= 4 is 12.1 Å². The van der Waals surface area contributed by atoms with Crippen LogP contribution in [0.25, 0.3) is 0 Å². The number of nitrogens with one attached hydrogen (secondary N) is 2. The van der Waals surface area contributed by atoms with Gasteiger partial charge in [0.15, 0.2) is 0 Å². The van der Waals surface area contributed by atoms with Gasteiger partial charge in [-0.3, -0.25) is 4.79 Å². The molecule has 4 heteroatoms. The zero-order chi connectivity index (χ0) is 8.43. The molecule has 4 nitrogen and oxygen atoms in total. The highest BCUT2D eigenvalue weighted by Crippen LogP contribution is 2.10. The molecule has 0 saturated heterocycles. The van der Waals surface area contributed by atoms with E-state index >= 15 is 0 Å². The summed E-state index contributed by atoms with van der Waals surface area (Å²) >= 11 is 0. The number of hydrogen-bond donors (Lipinski definition) is 3. The van der Waals surface area contributed by atoms with E-state index < -0.39 is 0 Å². The highest BCUT2D eigenvalue weighted by molar-refractivity contribution is 6.12. The third kappa shape index (κ3) is 1.39. The molecule has 0 radical (unpaired) electrons. The normalized spacial score (nSPS) is 24.8. The molecule has 0 saturated carbocycles. The molecule has 1 aliphatic rings. The number of carbonyl (C=O) groups is 1. The lowest BCUT2D eigenvalue weighted by atomic mass is 10.0. The van der Waals surface area contributed by atoms with E-state index in [1.54, 1.807) is 0 Å². The predicted molar refractivity (Wildman–Crippen MR) is 42.2 cm³/mol. The van der Waals surface area contributed by atoms with Crippen molar-refractivity contribution in [3.63, 3.8) is 0 Å². The van der Waals surface area contributed by atoms with Crippen molar-refractivity contribution in [2.45, 2.75) is 19.4 Å². The second-order valence-electron chi connectivity index (χ2n) is 2.66. The summed E-state index contributed by atoms with van der Waals surface area (Å²) in [4.78, 5) is 11.0. The van der Waals surface area contributed by atoms with Crippen molar-refractivity contribution in [1.29, 1.82) is 5.41 Å². The molecule has 0 aliphatic carbocycles. The van der Waals surface area contributed by atoms with Gasteiger partial charge in [0.2, 0.25) is 0 Å². The zero-order valence-electron chi connectivity index (χ0n) is 6.35. The van der Waals surface area contributed by atoms with Crippen molar-refractivity contribution in [2.75, 3.05) is 0 Å². The lowest BCUT2D eigenvalue weighted by Gasteiger charge is -2.20. The number of rotatable bonds is 1. The maximum atomic E-state index is 11.0. The first kappa shape index (κ1) is 7.78. The van der Waals surface area contributed by atoms with Crippen LogP contribution in [0.2, 0.25) is 0 Å². The minimum atomic E-state index is -0.240. The molecule has 0 bridgehead atoms. The van der Waals surface area contributed by atoms with E-state index in [0.29, 0.717) is 17.7 Å². The Labute approximate surface area is 65.0 Å². The SMILES string of the molecule is CC1CC(N)=C(C=N)C(=O)N1. The van der Waals surface area contributed by atoms with E-state index in [0.717, 1.165) is 6.21 Å². The maximum absolute atomic E-state index is 11.0. The molecule has 0 aromatic heterocycles. The van der Waals surface area contributed by atoms with E-state index in [1.807, 2.05) is 6.92 Å². The van der Waals surface area contributed by atoms with E-state index in [-0.39, 0.29) is 11.9 Å². The van der Waals surface area contributed by atoms with Crippen LogP contribution in [0.3, 0.4) is 0 Å². The van der Waals surface area contributed by atoms with Crippen LogP contribution in [-0.2, 0) is 4.79 Å². The molecule has 4 N–H and O–H groups in total. The van der Waals surface area contributed by atoms with Gasteiger partial charge in [-0.05, 0) is 6.92 Å². The molecule has 1 amide bonds. The number of nitrogens with two attached hydrogens (primary N) is 1. The molecule has 0 spiro atoms. The zero-order valence-corrected chi connectivity index (χ0v) is 6.35. The Hall–Kier alpha value is -1.32. The first-order valence-electron chi connectivity index (χ1n) is 3.45. The third-order valence-corrected chi connectivity index (χ3v) is 1.64. The van der Waals surface area contributed by atoms with Crippen LogP contribution in [0.15, 0.2) is 11.3 Å². The summed E-state index contributed by atoms with van der Waals surface area (Å²) in [6.07, 6.45) is 1.63. The van der Waals surface area contributed by atoms with Gasteiger partial charge in [-0.2, -0.15) is 0 Å². The average molecular weight is 153 g/mol. The summed E-state index contributed by atoms with van der Waals surface area (Å²) in [6.45, 7) is 1.88. The van der Waals surface area contributed by atoms with Gasteiger partial charge in [0, 0.05) is 24.4 Å². The van der Waals surface area contributed by atoms with Crippen molar-refractivity contribution in [3.05, 3.63) is 11.3 Å². The van der Waals surface area contributed by atoms with Crippen LogP contribution < -0.4 is 11.1 Å². The largest absolute Gasteiger partial charge is 0.401 e. The second-order valence-corrected chi connectivity index (χ2v) is 2.66. The van der Waals surface area contributed by atoms with Gasteiger partial charge in [-0.1, -0.05) is 0 Å². The molecule has 1 heterocycles. The van der Waals surface area contributed by atoms with Crippen molar-refractivity contribution in [3.8, 4) is 0 Å². The summed E-state index contributed by atoms with van der Waals surface area (Å²) in [6, 6.07) is 0.0891. The van der Waals surface area contributed by atoms with Gasteiger partial charge in [0.25, 0.3) is 5.91 Å². The predicted octanol–water partition coefficient (Wildman–Crippen LogP) is -0.243. The summed E-state index contributed by atoms with van der Waals surface area (Å²) < 4.78 is 0. The van der Waals surface area contributed by atoms with Gasteiger partial charge in [-0.25, -0.2) is 0 Å². The number of carbonyl (C=O) groups excluding carboxylic acids is 1. The van der Waals surface area contributed by atoms with Gasteiger partial charge in [0.1, 0.15) is 0 Å². The molecule has 0 aromatic carbocycles. The van der Waals surface area contributed by atoms with Crippen molar-refractivity contribution in [1.82, 2.24) is 5.32 Å². The fraction of sp³-hybridized carbons (Fsp3) is 0.429. The Morgan fingerprint density at radius 2 is 2.45 bits per heavy atom. The lowest BCUT2D eigenvalue weighted by molar-refractivity contribution is -0.118. The van der Waals surface area contributed by atoms with Gasteiger partial charge in [-0.15, -0.1) is 0 Å². The van der Waals surface area contributed by atoms with E-state index in [9.17, 15) is 4.79 Å². The van der Waals surface area contributed by atoms with Crippen molar-refractivity contribution in [2.24, 2.45) is 5.73 Å². The average Bonchev–Trinajstić information content (AvgIpc) is 1.85. The Balaban J connectivity index is 2.94. The number of amides is 1. The molecule has 1 aliphatic heterocycles. The fourth-order valence-corrected chi connectivity index (χ4v) is 1.10. The molecule has 1 atom stereocenters. The standard InChI is InChI=1S/C7H11N3O/c1-4-2-6(9)5(3-8)7(11)10-4/h3-4,8H,2,9H2,1H3,(H,10,11). The van der Waals surface area contributed by atoms with Crippen molar-refractivity contribution < 1.29 is 4.79 Å². The lowest BCUT2D eigenvalue weighted by Crippen LogP contribution is -2.40. The summed E-state index contributed by atoms with van der Waals surface area (Å²) in [5.74, 6) is -0.240. The number of hydrogen-bond acceptors (Lipinski definition) is 3. The molecule has 1 rings (SSSR count). The van der Waals surface area contributed by atoms with Crippen LogP contribution >= 0.6 is 0 Å². The summed E-state index contributed by atoms with van der Waals surface area (Å²) in [5, 5.41) is 9.58. The Bertz CT molecular complexity index is 232. The molecule has 60 valence electrons. The molecule has 11 heavy (non-hydrogen) atoms. The molecule has 1 unspecified atom stereocenters. The molecule has 0 fully saturated rings. The molecular weight excluding hydrogens is 142 g/mol. The topological polar surface area (TPSA) is 79.0 Å². The second kappa shape index (κ2) is 2.74. The minimum absolute atomic E-state index is 0.0891. The van der Waals surface area contributed by atoms with E-state index in [4.69, 9.17) is 11.1 Å². The third-order valence-electron chi connectivity index (χ3n) is 1.64. The first-order valence-corrected chi connectivity index (χ1v) is 3.45. The van der Waals surface area contributed by atoms with Crippen LogP contribution in [-0.4, -0.2) is 18.2 Å². The first-order chi connectivity index (χ1) is 5.15. The van der Waals surface area contributed by atoms with Gasteiger partial charge >= 0.3 is 0 Å². The quantitative estimate of drug-likeness (QED) is 0.454. The van der Waals surface area contributed by atoms with Gasteiger partial charge < -0.3 is 16.5 Å². The molecule has 0 aromatic rings. The Kier molecular flexibility index (Phi) is 1.94. The Morgan fingerprint density at radius 1 is 1.82 bits per heavy atom. The Morgan fingerprint density at radius 3 is 2.91 bits per heavy atom. The maximum Gasteiger partial charge on any atom is 0.254 e. The van der Waals surface area contributed by atoms with Crippen LogP contribution in [0, 0.1) is 5.41 Å². The van der Waals surface area contributed by atoms with Gasteiger partial charge in [0.05, 0.1) is 5.57 Å². The van der Waals surface area contributed by atoms with Crippen LogP contribution in [0.4, 0.5) is 0 Å². The fourth-order valence-electron chi connectivity index (χ4n) is 1.10. The molecular formula is C7H11N3O. The van der Waals surface area contributed by atoms with Crippen LogP contribution in [0.1, 0.15) is 13.3 Å². The highest BCUT2D eigenvalue weighted by atomic mass is 16.1. The van der Waals surface area contributed by atoms with E-state index in [2.05, 4.69) is 5.32 Å². The summed E-state index contributed by atoms with van der Waals surface area (Å²) in [7, 11) is 0. The van der Waals surface area contributed by atoms with Crippen LogP contribution in [0.5, 0.6) is 0 Å². The minimum Gasteiger partial charge on any atom is -0.401 e. The monoisotopic (exact) mass is 153 g/mol. The van der Waals surface area contributed by atoms with E-state index in [1.165, 1.54) is 0 Å². The smallest absolute Gasteiger partial charge is 0.254 e.